The van der Waals surface area contributed by atoms with E-state index in [0.29, 0.717) is 32.6 Å². The van der Waals surface area contributed by atoms with E-state index in [1.54, 1.807) is 18.3 Å². The molecule has 6 nitrogen and oxygen atoms in total. The molecule has 0 radical (unpaired) electrons. The second-order valence-corrected chi connectivity index (χ2v) is 9.13. The molecule has 0 aliphatic carbocycles. The number of nitrogens with zero attached hydrogens (tertiary/aromatic N) is 5. The normalized spacial score (nSPS) is 13.4. The number of imidazole rings is 1. The second-order valence-electron chi connectivity index (χ2n) is 8.31. The van der Waals surface area contributed by atoms with Gasteiger partial charge < -0.3 is 10.2 Å². The SMILES string of the molecule is Cl.Cl.Clc1cc2nc(NCCCCN3CCCC3)c(-c3nccn3-c3ccccc3)nc2cc1Cl. The van der Waals surface area contributed by atoms with Crippen molar-refractivity contribution in [3.8, 4) is 17.2 Å². The number of nitrogens with one attached hydrogen (secondary N) is 1. The van der Waals surface area contributed by atoms with Crippen LogP contribution in [0.5, 0.6) is 0 Å². The number of halogens is 4. The van der Waals surface area contributed by atoms with Gasteiger partial charge in [0, 0.05) is 24.6 Å². The highest BCUT2D eigenvalue weighted by atomic mass is 35.5. The molecule has 2 aromatic carbocycles. The predicted molar refractivity (Wildman–Crippen MR) is 150 cm³/mol. The average molecular weight is 554 g/mol. The van der Waals surface area contributed by atoms with Gasteiger partial charge in [-0.1, -0.05) is 41.4 Å². The highest BCUT2D eigenvalue weighted by Gasteiger charge is 2.18. The molecule has 5 rings (SSSR count). The van der Waals surface area contributed by atoms with Gasteiger partial charge in [-0.15, -0.1) is 24.8 Å². The van der Waals surface area contributed by atoms with Crippen molar-refractivity contribution in [2.24, 2.45) is 0 Å². The van der Waals surface area contributed by atoms with Crippen LogP contribution in [0.3, 0.4) is 0 Å². The third kappa shape index (κ3) is 6.38. The van der Waals surface area contributed by atoms with Crippen LogP contribution in [0.25, 0.3) is 28.2 Å². The molecule has 10 heteroatoms. The number of rotatable bonds is 8. The summed E-state index contributed by atoms with van der Waals surface area (Å²) in [6, 6.07) is 13.6. The Morgan fingerprint density at radius 3 is 2.29 bits per heavy atom. The molecule has 0 atom stereocenters. The molecule has 0 amide bonds. The fourth-order valence-corrected chi connectivity index (χ4v) is 4.60. The number of unbranched alkanes of at least 4 members (excludes halogenated alkanes) is 1. The fraction of sp³-hybridized carbons (Fsp3) is 0.320. The summed E-state index contributed by atoms with van der Waals surface area (Å²) in [5.74, 6) is 1.42. The average Bonchev–Trinajstić information content (AvgIpc) is 3.52. The molecule has 0 saturated carbocycles. The lowest BCUT2D eigenvalue weighted by atomic mass is 10.2. The number of aromatic nitrogens is 4. The Bertz CT molecular complexity index is 1240. The Hall–Kier alpha value is -2.09. The van der Waals surface area contributed by atoms with E-state index in [1.165, 1.54) is 25.9 Å². The van der Waals surface area contributed by atoms with Crippen molar-refractivity contribution < 1.29 is 0 Å². The first-order valence-electron chi connectivity index (χ1n) is 11.4. The zero-order chi connectivity index (χ0) is 22.6. The molecule has 35 heavy (non-hydrogen) atoms. The topological polar surface area (TPSA) is 58.9 Å². The maximum atomic E-state index is 6.26. The van der Waals surface area contributed by atoms with Gasteiger partial charge in [0.1, 0.15) is 5.69 Å². The molecule has 1 N–H and O–H groups in total. The van der Waals surface area contributed by atoms with Gasteiger partial charge in [0.25, 0.3) is 0 Å². The molecule has 1 aliphatic rings. The third-order valence-electron chi connectivity index (χ3n) is 5.99. The highest BCUT2D eigenvalue weighted by molar-refractivity contribution is 6.42. The summed E-state index contributed by atoms with van der Waals surface area (Å²) in [7, 11) is 0. The molecule has 186 valence electrons. The van der Waals surface area contributed by atoms with E-state index in [1.807, 2.05) is 41.1 Å². The number of hydrogen-bond acceptors (Lipinski definition) is 5. The van der Waals surface area contributed by atoms with E-state index in [2.05, 4.69) is 15.2 Å². The van der Waals surface area contributed by atoms with Crippen LogP contribution in [0, 0.1) is 0 Å². The van der Waals surface area contributed by atoms with Crippen molar-refractivity contribution in [3.63, 3.8) is 0 Å². The van der Waals surface area contributed by atoms with Crippen LogP contribution in [0.1, 0.15) is 25.7 Å². The Labute approximate surface area is 227 Å². The minimum Gasteiger partial charge on any atom is -0.368 e. The van der Waals surface area contributed by atoms with Gasteiger partial charge in [0.15, 0.2) is 11.6 Å². The number of likely N-dealkylation sites (tertiary alicyclic amines) is 1. The zero-order valence-corrected chi connectivity index (χ0v) is 22.3. The first-order valence-corrected chi connectivity index (χ1v) is 12.2. The first kappa shape index (κ1) is 27.5. The fourth-order valence-electron chi connectivity index (χ4n) is 4.28. The van der Waals surface area contributed by atoms with Crippen LogP contribution >= 0.6 is 48.0 Å². The quantitative estimate of drug-likeness (QED) is 0.240. The van der Waals surface area contributed by atoms with Crippen molar-refractivity contribution in [2.75, 3.05) is 31.5 Å². The number of benzene rings is 2. The lowest BCUT2D eigenvalue weighted by Crippen LogP contribution is -2.21. The van der Waals surface area contributed by atoms with Crippen molar-refractivity contribution >= 4 is 64.9 Å². The minimum absolute atomic E-state index is 0. The largest absolute Gasteiger partial charge is 0.368 e. The second kappa shape index (κ2) is 12.7. The van der Waals surface area contributed by atoms with Gasteiger partial charge >= 0.3 is 0 Å². The number of para-hydroxylation sites is 1. The molecule has 3 heterocycles. The molecule has 1 aliphatic heterocycles. The van der Waals surface area contributed by atoms with Gasteiger partial charge in [-0.05, 0) is 69.6 Å². The van der Waals surface area contributed by atoms with Crippen LogP contribution < -0.4 is 5.32 Å². The highest BCUT2D eigenvalue weighted by Crippen LogP contribution is 2.31. The van der Waals surface area contributed by atoms with E-state index >= 15 is 0 Å². The summed E-state index contributed by atoms with van der Waals surface area (Å²) in [6.45, 7) is 4.44. The molecule has 4 aromatic rings. The predicted octanol–water partition coefficient (Wildman–Crippen LogP) is 6.92. The lowest BCUT2D eigenvalue weighted by molar-refractivity contribution is 0.331. The van der Waals surface area contributed by atoms with Crippen molar-refractivity contribution in [2.45, 2.75) is 25.7 Å². The van der Waals surface area contributed by atoms with E-state index in [-0.39, 0.29) is 24.8 Å². The van der Waals surface area contributed by atoms with Crippen LogP contribution in [0.4, 0.5) is 5.82 Å². The van der Waals surface area contributed by atoms with E-state index in [0.717, 1.165) is 37.4 Å². The Kier molecular flexibility index (Phi) is 10.0. The molecule has 1 saturated heterocycles. The summed E-state index contributed by atoms with van der Waals surface area (Å²) >= 11 is 12.5. The number of fused-ring (bicyclic) bond motifs is 1. The Balaban J connectivity index is 0.00000171. The summed E-state index contributed by atoms with van der Waals surface area (Å²) in [5.41, 5.74) is 3.08. The van der Waals surface area contributed by atoms with Gasteiger partial charge in [-0.25, -0.2) is 15.0 Å². The standard InChI is InChI=1S/C25H26Cl2N6.2ClH/c26-19-16-21-22(17-20(19)27)31-24(28-10-4-5-12-32-13-6-7-14-32)23(30-21)25-29-11-15-33(25)18-8-2-1-3-9-18;;/h1-3,8-9,11,15-17H,4-7,10,12-14H2,(H,28,31);2*1H. The number of anilines is 1. The Morgan fingerprint density at radius 2 is 1.57 bits per heavy atom. The third-order valence-corrected chi connectivity index (χ3v) is 6.71. The minimum atomic E-state index is 0. The van der Waals surface area contributed by atoms with E-state index < -0.39 is 0 Å². The summed E-state index contributed by atoms with van der Waals surface area (Å²) in [5, 5.41) is 4.43. The van der Waals surface area contributed by atoms with Crippen molar-refractivity contribution in [3.05, 3.63) is 64.9 Å². The monoisotopic (exact) mass is 552 g/mol. The molecular weight excluding hydrogens is 526 g/mol. The number of hydrogen-bond donors (Lipinski definition) is 1. The lowest BCUT2D eigenvalue weighted by Gasteiger charge is -2.15. The van der Waals surface area contributed by atoms with Gasteiger partial charge in [-0.2, -0.15) is 0 Å². The van der Waals surface area contributed by atoms with Crippen LogP contribution in [0.15, 0.2) is 54.9 Å². The molecule has 0 spiro atoms. The van der Waals surface area contributed by atoms with Crippen molar-refractivity contribution in [1.82, 2.24) is 24.4 Å². The van der Waals surface area contributed by atoms with Crippen LogP contribution in [-0.2, 0) is 0 Å². The molecule has 1 fully saturated rings. The molecule has 0 unspecified atom stereocenters. The van der Waals surface area contributed by atoms with Crippen LogP contribution in [0.2, 0.25) is 10.0 Å². The molecule has 0 bridgehead atoms. The summed E-state index contributed by atoms with van der Waals surface area (Å²) < 4.78 is 2.02. The molecular formula is C25H28Cl4N6. The smallest absolute Gasteiger partial charge is 0.167 e. The van der Waals surface area contributed by atoms with Gasteiger partial charge in [0.2, 0.25) is 0 Å². The van der Waals surface area contributed by atoms with Gasteiger partial charge in [-0.3, -0.25) is 4.57 Å². The summed E-state index contributed by atoms with van der Waals surface area (Å²) in [4.78, 5) is 16.9. The first-order chi connectivity index (χ1) is 16.2. The van der Waals surface area contributed by atoms with E-state index in [4.69, 9.17) is 33.2 Å². The maximum absolute atomic E-state index is 6.26. The Morgan fingerprint density at radius 1 is 0.886 bits per heavy atom. The van der Waals surface area contributed by atoms with Crippen molar-refractivity contribution in [1.29, 1.82) is 0 Å². The van der Waals surface area contributed by atoms with E-state index in [9.17, 15) is 0 Å². The van der Waals surface area contributed by atoms with Crippen LogP contribution in [-0.4, -0.2) is 50.6 Å². The van der Waals surface area contributed by atoms with Gasteiger partial charge in [0.05, 0.1) is 21.1 Å². The maximum Gasteiger partial charge on any atom is 0.167 e. The molecule has 2 aromatic heterocycles. The zero-order valence-electron chi connectivity index (χ0n) is 19.2. The summed E-state index contributed by atoms with van der Waals surface area (Å²) in [6.07, 6.45) is 8.59.